The Balaban J connectivity index is 1.65. The number of nitrogens with zero attached hydrogens (tertiary/aromatic N) is 3. The molecule has 6 nitrogen and oxygen atoms in total. The van der Waals surface area contributed by atoms with Gasteiger partial charge in [-0.3, -0.25) is 4.79 Å². The van der Waals surface area contributed by atoms with Gasteiger partial charge in [-0.25, -0.2) is 4.39 Å². The number of halogens is 1. The fourth-order valence-corrected chi connectivity index (χ4v) is 3.03. The van der Waals surface area contributed by atoms with Gasteiger partial charge in [0.25, 0.3) is 5.89 Å². The van der Waals surface area contributed by atoms with Gasteiger partial charge in [0.1, 0.15) is 5.75 Å². The Bertz CT molecular complexity index is 731. The summed E-state index contributed by atoms with van der Waals surface area (Å²) in [4.78, 5) is 18.1. The molecule has 1 atom stereocenters. The standard InChI is InChI=1S/C18H22FN3O3/c1-3-24-15-7-5-14(6-8-15)11-16(23)22-10-4-9-18(19,12-22)17-20-13(2)21-25-17/h5-8H,3-4,9-12H2,1-2H3. The molecular formula is C18H22FN3O3. The molecule has 1 unspecified atom stereocenters. The van der Waals surface area contributed by atoms with Crippen LogP contribution in [0.3, 0.4) is 0 Å². The summed E-state index contributed by atoms with van der Waals surface area (Å²) < 4.78 is 25.6. The Hall–Kier alpha value is -2.44. The Morgan fingerprint density at radius 1 is 1.40 bits per heavy atom. The number of hydrogen-bond acceptors (Lipinski definition) is 5. The predicted molar refractivity (Wildman–Crippen MR) is 89.0 cm³/mol. The molecule has 1 amide bonds. The number of carbonyl (C=O) groups excluding carboxylic acids is 1. The van der Waals surface area contributed by atoms with Gasteiger partial charge in [-0.1, -0.05) is 17.3 Å². The van der Waals surface area contributed by atoms with Crippen molar-refractivity contribution in [3.05, 3.63) is 41.5 Å². The van der Waals surface area contributed by atoms with E-state index in [2.05, 4.69) is 10.1 Å². The maximum atomic E-state index is 15.2. The molecule has 25 heavy (non-hydrogen) atoms. The number of hydrogen-bond donors (Lipinski definition) is 0. The first kappa shape index (κ1) is 17.4. The number of piperidine rings is 1. The lowest BCUT2D eigenvalue weighted by molar-refractivity contribution is -0.135. The molecule has 0 aliphatic carbocycles. The van der Waals surface area contributed by atoms with Crippen molar-refractivity contribution in [2.75, 3.05) is 19.7 Å². The second-order valence-electron chi connectivity index (χ2n) is 6.28. The first-order chi connectivity index (χ1) is 12.0. The summed E-state index contributed by atoms with van der Waals surface area (Å²) in [6.45, 7) is 4.65. The Labute approximate surface area is 146 Å². The van der Waals surface area contributed by atoms with E-state index in [0.29, 0.717) is 25.4 Å². The minimum absolute atomic E-state index is 0.0384. The van der Waals surface area contributed by atoms with Crippen molar-refractivity contribution < 1.29 is 18.4 Å². The fraction of sp³-hybridized carbons (Fsp3) is 0.500. The van der Waals surface area contributed by atoms with Crippen molar-refractivity contribution in [2.45, 2.75) is 38.8 Å². The van der Waals surface area contributed by atoms with E-state index in [9.17, 15) is 4.79 Å². The first-order valence-corrected chi connectivity index (χ1v) is 8.49. The largest absolute Gasteiger partial charge is 0.494 e. The van der Waals surface area contributed by atoms with Crippen LogP contribution >= 0.6 is 0 Å². The molecule has 2 heterocycles. The number of ether oxygens (including phenoxy) is 1. The van der Waals surface area contributed by atoms with E-state index in [1.165, 1.54) is 0 Å². The zero-order valence-corrected chi connectivity index (χ0v) is 14.5. The van der Waals surface area contributed by atoms with Gasteiger partial charge < -0.3 is 14.2 Å². The van der Waals surface area contributed by atoms with Gasteiger partial charge in [0.15, 0.2) is 5.82 Å². The van der Waals surface area contributed by atoms with E-state index in [-0.39, 0.29) is 31.2 Å². The predicted octanol–water partition coefficient (Wildman–Crippen LogP) is 2.81. The summed E-state index contributed by atoms with van der Waals surface area (Å²) in [5.41, 5.74) is -0.898. The van der Waals surface area contributed by atoms with Crippen LogP contribution in [0, 0.1) is 6.92 Å². The van der Waals surface area contributed by atoms with Gasteiger partial charge >= 0.3 is 0 Å². The molecule has 0 saturated carbocycles. The molecular weight excluding hydrogens is 325 g/mol. The number of aromatic nitrogens is 2. The molecule has 0 N–H and O–H groups in total. The second kappa shape index (κ2) is 7.21. The fourth-order valence-electron chi connectivity index (χ4n) is 3.03. The van der Waals surface area contributed by atoms with Crippen LogP contribution < -0.4 is 4.74 Å². The maximum absolute atomic E-state index is 15.2. The summed E-state index contributed by atoms with van der Waals surface area (Å²) in [7, 11) is 0. The molecule has 1 aliphatic rings. The lowest BCUT2D eigenvalue weighted by atomic mass is 9.94. The minimum Gasteiger partial charge on any atom is -0.494 e. The zero-order valence-electron chi connectivity index (χ0n) is 14.5. The van der Waals surface area contributed by atoms with Gasteiger partial charge in [0.2, 0.25) is 11.6 Å². The Morgan fingerprint density at radius 2 is 2.16 bits per heavy atom. The number of rotatable bonds is 5. The van der Waals surface area contributed by atoms with Gasteiger partial charge in [-0.05, 0) is 44.4 Å². The molecule has 1 saturated heterocycles. The number of amides is 1. The molecule has 1 aliphatic heterocycles. The lowest BCUT2D eigenvalue weighted by Crippen LogP contribution is -2.47. The third-order valence-electron chi connectivity index (χ3n) is 4.30. The lowest BCUT2D eigenvalue weighted by Gasteiger charge is -2.35. The third kappa shape index (κ3) is 3.97. The molecule has 0 bridgehead atoms. The van der Waals surface area contributed by atoms with Crippen molar-refractivity contribution >= 4 is 5.91 Å². The van der Waals surface area contributed by atoms with Crippen LogP contribution in [-0.2, 0) is 16.9 Å². The average Bonchev–Trinajstić information content (AvgIpc) is 3.04. The van der Waals surface area contributed by atoms with Gasteiger partial charge in [-0.2, -0.15) is 4.98 Å². The Morgan fingerprint density at radius 3 is 2.80 bits per heavy atom. The van der Waals surface area contributed by atoms with Crippen LogP contribution in [0.25, 0.3) is 0 Å². The first-order valence-electron chi connectivity index (χ1n) is 8.49. The monoisotopic (exact) mass is 347 g/mol. The molecule has 2 aromatic rings. The molecule has 1 aromatic heterocycles. The molecule has 0 radical (unpaired) electrons. The molecule has 3 rings (SSSR count). The molecule has 134 valence electrons. The molecule has 7 heteroatoms. The second-order valence-corrected chi connectivity index (χ2v) is 6.28. The SMILES string of the molecule is CCOc1ccc(CC(=O)N2CCCC(F)(c3nc(C)no3)C2)cc1. The van der Waals surface area contributed by atoms with Crippen LogP contribution in [0.1, 0.15) is 37.0 Å². The van der Waals surface area contributed by atoms with E-state index in [1.807, 2.05) is 31.2 Å². The summed E-state index contributed by atoms with van der Waals surface area (Å²) in [5, 5.41) is 3.66. The van der Waals surface area contributed by atoms with Gasteiger partial charge in [-0.15, -0.1) is 0 Å². The quantitative estimate of drug-likeness (QED) is 0.832. The van der Waals surface area contributed by atoms with Gasteiger partial charge in [0, 0.05) is 6.54 Å². The highest BCUT2D eigenvalue weighted by atomic mass is 19.1. The smallest absolute Gasteiger partial charge is 0.266 e. The Kier molecular flexibility index (Phi) is 5.01. The average molecular weight is 347 g/mol. The highest BCUT2D eigenvalue weighted by Gasteiger charge is 2.43. The highest BCUT2D eigenvalue weighted by Crippen LogP contribution is 2.34. The van der Waals surface area contributed by atoms with Crippen LogP contribution in [0.2, 0.25) is 0 Å². The number of carbonyl (C=O) groups is 1. The van der Waals surface area contributed by atoms with E-state index in [4.69, 9.17) is 9.26 Å². The van der Waals surface area contributed by atoms with E-state index in [0.717, 1.165) is 11.3 Å². The summed E-state index contributed by atoms with van der Waals surface area (Å²) in [6, 6.07) is 7.39. The molecule has 1 aromatic carbocycles. The number of alkyl halides is 1. The van der Waals surface area contributed by atoms with Crippen LogP contribution in [0.15, 0.2) is 28.8 Å². The van der Waals surface area contributed by atoms with Crippen LogP contribution in [0.4, 0.5) is 4.39 Å². The van der Waals surface area contributed by atoms with E-state index >= 15 is 4.39 Å². The third-order valence-corrected chi connectivity index (χ3v) is 4.30. The van der Waals surface area contributed by atoms with E-state index in [1.54, 1.807) is 11.8 Å². The normalized spacial score (nSPS) is 20.5. The maximum Gasteiger partial charge on any atom is 0.266 e. The van der Waals surface area contributed by atoms with Gasteiger partial charge in [0.05, 0.1) is 19.6 Å². The van der Waals surface area contributed by atoms with Crippen molar-refractivity contribution in [2.24, 2.45) is 0 Å². The summed E-state index contributed by atoms with van der Waals surface area (Å²) >= 11 is 0. The van der Waals surface area contributed by atoms with Crippen molar-refractivity contribution in [3.63, 3.8) is 0 Å². The molecule has 1 fully saturated rings. The molecule has 0 spiro atoms. The topological polar surface area (TPSA) is 68.5 Å². The zero-order chi connectivity index (χ0) is 17.9. The highest BCUT2D eigenvalue weighted by molar-refractivity contribution is 5.79. The number of aryl methyl sites for hydroxylation is 1. The number of benzene rings is 1. The summed E-state index contributed by atoms with van der Waals surface area (Å²) in [5.74, 6) is 1.02. The summed E-state index contributed by atoms with van der Waals surface area (Å²) in [6.07, 6.45) is 1.07. The van der Waals surface area contributed by atoms with Crippen molar-refractivity contribution in [3.8, 4) is 5.75 Å². The minimum atomic E-state index is -1.77. The number of likely N-dealkylation sites (tertiary alicyclic amines) is 1. The van der Waals surface area contributed by atoms with Crippen molar-refractivity contribution in [1.82, 2.24) is 15.0 Å². The van der Waals surface area contributed by atoms with Crippen molar-refractivity contribution in [1.29, 1.82) is 0 Å². The van der Waals surface area contributed by atoms with Crippen LogP contribution in [0.5, 0.6) is 5.75 Å². The van der Waals surface area contributed by atoms with Crippen LogP contribution in [-0.4, -0.2) is 40.6 Å². The van der Waals surface area contributed by atoms with E-state index < -0.39 is 5.67 Å².